The predicted molar refractivity (Wildman–Crippen MR) is 59.0 cm³/mol. The van der Waals surface area contributed by atoms with Crippen LogP contribution in [-0.4, -0.2) is 25.7 Å². The third kappa shape index (κ3) is 1.74. The standard InChI is InChI=1S/C10H10ClN3O2/c1-2-3-7-8(10(15)16)9-12-4-6(11)5-14(9)13-7/h4-5H,2-3H2,1H3,(H,15,16). The number of halogens is 1. The minimum atomic E-state index is -1.01. The second-order valence-electron chi connectivity index (χ2n) is 3.42. The van der Waals surface area contributed by atoms with Crippen molar-refractivity contribution in [1.82, 2.24) is 14.6 Å². The van der Waals surface area contributed by atoms with Crippen molar-refractivity contribution in [2.75, 3.05) is 0 Å². The maximum atomic E-state index is 11.1. The lowest BCUT2D eigenvalue weighted by Gasteiger charge is -1.94. The van der Waals surface area contributed by atoms with Gasteiger partial charge in [0.2, 0.25) is 0 Å². The molecule has 6 heteroatoms. The lowest BCUT2D eigenvalue weighted by Crippen LogP contribution is -2.01. The van der Waals surface area contributed by atoms with Crippen LogP contribution in [0.1, 0.15) is 29.4 Å². The number of aryl methyl sites for hydroxylation is 1. The van der Waals surface area contributed by atoms with Gasteiger partial charge < -0.3 is 5.11 Å². The molecule has 0 fully saturated rings. The van der Waals surface area contributed by atoms with Crippen molar-refractivity contribution < 1.29 is 9.90 Å². The molecule has 2 aromatic heterocycles. The van der Waals surface area contributed by atoms with Gasteiger partial charge in [0.15, 0.2) is 5.65 Å². The molecule has 2 heterocycles. The summed E-state index contributed by atoms with van der Waals surface area (Å²) in [4.78, 5) is 15.1. The molecule has 0 radical (unpaired) electrons. The van der Waals surface area contributed by atoms with Crippen LogP contribution >= 0.6 is 11.6 Å². The number of aromatic nitrogens is 3. The summed E-state index contributed by atoms with van der Waals surface area (Å²) in [6, 6.07) is 0. The fourth-order valence-electron chi connectivity index (χ4n) is 1.59. The molecule has 0 aromatic carbocycles. The number of fused-ring (bicyclic) bond motifs is 1. The lowest BCUT2D eigenvalue weighted by molar-refractivity contribution is 0.0697. The van der Waals surface area contributed by atoms with Gasteiger partial charge in [0.05, 0.1) is 16.9 Å². The molecule has 2 aromatic rings. The highest BCUT2D eigenvalue weighted by Crippen LogP contribution is 2.17. The molecule has 16 heavy (non-hydrogen) atoms. The van der Waals surface area contributed by atoms with Crippen LogP contribution < -0.4 is 0 Å². The Kier molecular flexibility index (Phi) is 2.78. The van der Waals surface area contributed by atoms with E-state index in [4.69, 9.17) is 16.7 Å². The lowest BCUT2D eigenvalue weighted by atomic mass is 10.1. The molecule has 0 spiro atoms. The summed E-state index contributed by atoms with van der Waals surface area (Å²) in [6.07, 6.45) is 4.41. The van der Waals surface area contributed by atoms with Gasteiger partial charge in [-0.25, -0.2) is 14.3 Å². The van der Waals surface area contributed by atoms with E-state index in [0.29, 0.717) is 22.8 Å². The zero-order valence-corrected chi connectivity index (χ0v) is 9.40. The first-order valence-electron chi connectivity index (χ1n) is 4.89. The van der Waals surface area contributed by atoms with Crippen LogP contribution in [0.5, 0.6) is 0 Å². The van der Waals surface area contributed by atoms with Crippen molar-refractivity contribution in [3.05, 3.63) is 28.7 Å². The first kappa shape index (κ1) is 10.9. The number of aromatic carboxylic acids is 1. The van der Waals surface area contributed by atoms with E-state index in [1.165, 1.54) is 10.7 Å². The Hall–Kier alpha value is -1.62. The number of carbonyl (C=O) groups is 1. The molecule has 2 rings (SSSR count). The topological polar surface area (TPSA) is 67.5 Å². The molecule has 0 unspecified atom stereocenters. The van der Waals surface area contributed by atoms with Crippen LogP contribution in [-0.2, 0) is 6.42 Å². The normalized spacial score (nSPS) is 10.9. The predicted octanol–water partition coefficient (Wildman–Crippen LogP) is 2.03. The minimum Gasteiger partial charge on any atom is -0.477 e. The quantitative estimate of drug-likeness (QED) is 0.890. The van der Waals surface area contributed by atoms with Crippen molar-refractivity contribution in [2.45, 2.75) is 19.8 Å². The zero-order valence-electron chi connectivity index (χ0n) is 8.64. The maximum absolute atomic E-state index is 11.1. The van der Waals surface area contributed by atoms with Crippen molar-refractivity contribution >= 4 is 23.2 Å². The van der Waals surface area contributed by atoms with Gasteiger partial charge in [-0.1, -0.05) is 24.9 Å². The van der Waals surface area contributed by atoms with Crippen LogP contribution in [0.25, 0.3) is 5.65 Å². The number of carboxylic acids is 1. The molecule has 84 valence electrons. The minimum absolute atomic E-state index is 0.165. The first-order valence-corrected chi connectivity index (χ1v) is 5.27. The Balaban J connectivity index is 2.70. The molecule has 0 saturated carbocycles. The van der Waals surface area contributed by atoms with Crippen LogP contribution in [0, 0.1) is 0 Å². The number of carboxylic acid groups (broad SMARTS) is 1. The molecule has 0 amide bonds. The second kappa shape index (κ2) is 4.09. The Morgan fingerprint density at radius 1 is 1.62 bits per heavy atom. The smallest absolute Gasteiger partial charge is 0.341 e. The van der Waals surface area contributed by atoms with E-state index in [-0.39, 0.29) is 5.56 Å². The highest BCUT2D eigenvalue weighted by atomic mass is 35.5. The number of hydrogen-bond donors (Lipinski definition) is 1. The van der Waals surface area contributed by atoms with E-state index in [2.05, 4.69) is 10.1 Å². The van der Waals surface area contributed by atoms with Gasteiger partial charge in [-0.2, -0.15) is 5.10 Å². The Bertz CT molecular complexity index is 550. The van der Waals surface area contributed by atoms with Gasteiger partial charge in [0.25, 0.3) is 0 Å². The van der Waals surface area contributed by atoms with Crippen LogP contribution in [0.2, 0.25) is 5.02 Å². The van der Waals surface area contributed by atoms with Crippen molar-refractivity contribution in [2.24, 2.45) is 0 Å². The summed E-state index contributed by atoms with van der Waals surface area (Å²) in [5.41, 5.74) is 1.05. The Labute approximate surface area is 96.7 Å². The van der Waals surface area contributed by atoms with Gasteiger partial charge >= 0.3 is 5.97 Å². The molecule has 0 aliphatic heterocycles. The molecule has 0 aliphatic carbocycles. The summed E-state index contributed by atoms with van der Waals surface area (Å²) in [7, 11) is 0. The van der Waals surface area contributed by atoms with E-state index in [1.807, 2.05) is 6.92 Å². The van der Waals surface area contributed by atoms with E-state index in [1.54, 1.807) is 6.20 Å². The average molecular weight is 240 g/mol. The SMILES string of the molecule is CCCc1nn2cc(Cl)cnc2c1C(=O)O. The highest BCUT2D eigenvalue weighted by molar-refractivity contribution is 6.30. The maximum Gasteiger partial charge on any atom is 0.341 e. The number of nitrogens with zero attached hydrogens (tertiary/aromatic N) is 3. The summed E-state index contributed by atoms with van der Waals surface area (Å²) >= 11 is 5.77. The van der Waals surface area contributed by atoms with Crippen LogP contribution in [0.4, 0.5) is 0 Å². The van der Waals surface area contributed by atoms with E-state index in [9.17, 15) is 4.79 Å². The molecule has 0 atom stereocenters. The summed E-state index contributed by atoms with van der Waals surface area (Å²) < 4.78 is 1.41. The number of hydrogen-bond acceptors (Lipinski definition) is 3. The third-order valence-corrected chi connectivity index (χ3v) is 2.41. The zero-order chi connectivity index (χ0) is 11.7. The highest BCUT2D eigenvalue weighted by Gasteiger charge is 2.19. The molecule has 0 saturated heterocycles. The molecule has 0 bridgehead atoms. The van der Waals surface area contributed by atoms with Crippen LogP contribution in [0.15, 0.2) is 12.4 Å². The first-order chi connectivity index (χ1) is 7.63. The monoisotopic (exact) mass is 239 g/mol. The van der Waals surface area contributed by atoms with Gasteiger partial charge in [-0.15, -0.1) is 0 Å². The fourth-order valence-corrected chi connectivity index (χ4v) is 1.73. The molecular weight excluding hydrogens is 230 g/mol. The van der Waals surface area contributed by atoms with E-state index >= 15 is 0 Å². The molecular formula is C10H10ClN3O2. The summed E-state index contributed by atoms with van der Waals surface area (Å²) in [6.45, 7) is 1.97. The third-order valence-electron chi connectivity index (χ3n) is 2.21. The van der Waals surface area contributed by atoms with Crippen LogP contribution in [0.3, 0.4) is 0 Å². The fraction of sp³-hybridized carbons (Fsp3) is 0.300. The molecule has 0 aliphatic rings. The van der Waals surface area contributed by atoms with Gasteiger partial charge in [0.1, 0.15) is 5.56 Å². The Morgan fingerprint density at radius 3 is 3.00 bits per heavy atom. The molecule has 1 N–H and O–H groups in total. The average Bonchev–Trinajstić information content (AvgIpc) is 2.55. The number of rotatable bonds is 3. The second-order valence-corrected chi connectivity index (χ2v) is 3.85. The van der Waals surface area contributed by atoms with Gasteiger partial charge in [-0.3, -0.25) is 0 Å². The van der Waals surface area contributed by atoms with Crippen molar-refractivity contribution in [3.63, 3.8) is 0 Å². The van der Waals surface area contributed by atoms with Crippen molar-refractivity contribution in [1.29, 1.82) is 0 Å². The van der Waals surface area contributed by atoms with E-state index in [0.717, 1.165) is 6.42 Å². The molecule has 5 nitrogen and oxygen atoms in total. The summed E-state index contributed by atoms with van der Waals surface area (Å²) in [5, 5.41) is 13.7. The largest absolute Gasteiger partial charge is 0.477 e. The van der Waals surface area contributed by atoms with Gasteiger partial charge in [-0.05, 0) is 6.42 Å². The van der Waals surface area contributed by atoms with Crippen molar-refractivity contribution in [3.8, 4) is 0 Å². The Morgan fingerprint density at radius 2 is 2.38 bits per heavy atom. The summed E-state index contributed by atoms with van der Waals surface area (Å²) in [5.74, 6) is -1.01. The van der Waals surface area contributed by atoms with Gasteiger partial charge in [0, 0.05) is 6.20 Å². The van der Waals surface area contributed by atoms with E-state index < -0.39 is 5.97 Å².